The summed E-state index contributed by atoms with van der Waals surface area (Å²) in [5.41, 5.74) is 1.06. The zero-order valence-corrected chi connectivity index (χ0v) is 10.8. The number of hydrogen-bond donors (Lipinski definition) is 0. The molecule has 2 aromatic rings. The highest BCUT2D eigenvalue weighted by Crippen LogP contribution is 2.24. The molecule has 0 spiro atoms. The minimum absolute atomic E-state index is 0.966. The van der Waals surface area contributed by atoms with E-state index in [1.54, 1.807) is 0 Å². The number of halogens is 2. The van der Waals surface area contributed by atoms with Crippen LogP contribution in [0, 0.1) is 3.57 Å². The summed E-state index contributed by atoms with van der Waals surface area (Å²) in [6.07, 6.45) is 3.97. The van der Waals surface area contributed by atoms with E-state index in [0.717, 1.165) is 16.7 Å². The Kier molecular flexibility index (Phi) is 2.60. The Hall–Kier alpha value is -0.100. The van der Waals surface area contributed by atoms with Crippen LogP contribution in [0.4, 0.5) is 0 Å². The van der Waals surface area contributed by atoms with E-state index in [2.05, 4.69) is 67.3 Å². The molecule has 0 saturated carbocycles. The quantitative estimate of drug-likeness (QED) is 0.720. The van der Waals surface area contributed by atoms with Gasteiger partial charge in [-0.25, -0.2) is 4.98 Å². The smallest absolute Gasteiger partial charge is 0.141 e. The molecule has 0 saturated heterocycles. The first-order valence-electron chi connectivity index (χ1n) is 4.02. The van der Waals surface area contributed by atoms with Crippen molar-refractivity contribution in [1.29, 1.82) is 0 Å². The summed E-state index contributed by atoms with van der Waals surface area (Å²) in [5.74, 6) is 0. The maximum Gasteiger partial charge on any atom is 0.141 e. The standard InChI is InChI=1S/C9H8BrIN2/c1-2-13-5-8(11)7-3-6(10)4-12-9(7)13/h3-5H,2H2,1H3. The van der Waals surface area contributed by atoms with Crippen molar-refractivity contribution in [3.8, 4) is 0 Å². The van der Waals surface area contributed by atoms with Crippen LogP contribution in [0.3, 0.4) is 0 Å². The lowest BCUT2D eigenvalue weighted by Crippen LogP contribution is -1.92. The largest absolute Gasteiger partial charge is 0.332 e. The number of aromatic nitrogens is 2. The third kappa shape index (κ3) is 1.61. The van der Waals surface area contributed by atoms with Gasteiger partial charge < -0.3 is 4.57 Å². The molecule has 68 valence electrons. The molecule has 0 aliphatic carbocycles. The van der Waals surface area contributed by atoms with Gasteiger partial charge >= 0.3 is 0 Å². The van der Waals surface area contributed by atoms with Crippen molar-refractivity contribution in [3.63, 3.8) is 0 Å². The Morgan fingerprint density at radius 2 is 2.38 bits per heavy atom. The van der Waals surface area contributed by atoms with Gasteiger partial charge in [-0.1, -0.05) is 0 Å². The Bertz CT molecular complexity index is 450. The van der Waals surface area contributed by atoms with Crippen molar-refractivity contribution < 1.29 is 0 Å². The van der Waals surface area contributed by atoms with Crippen LogP contribution in [0.5, 0.6) is 0 Å². The lowest BCUT2D eigenvalue weighted by atomic mass is 10.3. The van der Waals surface area contributed by atoms with E-state index in [1.165, 1.54) is 8.96 Å². The van der Waals surface area contributed by atoms with Crippen LogP contribution < -0.4 is 0 Å². The number of nitrogens with zero attached hydrogens (tertiary/aromatic N) is 2. The van der Waals surface area contributed by atoms with Crippen molar-refractivity contribution in [2.75, 3.05) is 0 Å². The van der Waals surface area contributed by atoms with E-state index in [4.69, 9.17) is 0 Å². The summed E-state index contributed by atoms with van der Waals surface area (Å²) < 4.78 is 4.44. The lowest BCUT2D eigenvalue weighted by molar-refractivity contribution is 0.786. The van der Waals surface area contributed by atoms with Gasteiger partial charge in [-0.15, -0.1) is 0 Å². The SMILES string of the molecule is CCn1cc(I)c2cc(Br)cnc21. The molecule has 0 bridgehead atoms. The maximum absolute atomic E-state index is 4.38. The lowest BCUT2D eigenvalue weighted by Gasteiger charge is -1.98. The number of rotatable bonds is 1. The fraction of sp³-hybridized carbons (Fsp3) is 0.222. The highest BCUT2D eigenvalue weighted by atomic mass is 127. The molecular weight excluding hydrogens is 343 g/mol. The summed E-state index contributed by atoms with van der Waals surface area (Å²) in [5, 5.41) is 1.22. The van der Waals surface area contributed by atoms with Gasteiger partial charge in [0.25, 0.3) is 0 Å². The van der Waals surface area contributed by atoms with Crippen LogP contribution in [-0.2, 0) is 6.54 Å². The molecule has 0 aliphatic rings. The summed E-state index contributed by atoms with van der Waals surface area (Å²) in [6.45, 7) is 3.09. The Morgan fingerprint density at radius 1 is 1.62 bits per heavy atom. The van der Waals surface area contributed by atoms with Gasteiger partial charge in [0.2, 0.25) is 0 Å². The van der Waals surface area contributed by atoms with Crippen LogP contribution in [-0.4, -0.2) is 9.55 Å². The van der Waals surface area contributed by atoms with Gasteiger partial charge in [-0.3, -0.25) is 0 Å². The number of pyridine rings is 1. The number of hydrogen-bond acceptors (Lipinski definition) is 1. The van der Waals surface area contributed by atoms with E-state index < -0.39 is 0 Å². The van der Waals surface area contributed by atoms with Gasteiger partial charge in [0, 0.05) is 32.4 Å². The van der Waals surface area contributed by atoms with Crippen molar-refractivity contribution in [2.24, 2.45) is 0 Å². The fourth-order valence-corrected chi connectivity index (χ4v) is 2.41. The van der Waals surface area contributed by atoms with Gasteiger partial charge in [0.05, 0.1) is 0 Å². The second-order valence-electron chi connectivity index (χ2n) is 2.79. The summed E-state index contributed by atoms with van der Waals surface area (Å²) >= 11 is 5.76. The first-order chi connectivity index (χ1) is 6.22. The zero-order chi connectivity index (χ0) is 9.42. The highest BCUT2D eigenvalue weighted by molar-refractivity contribution is 14.1. The molecule has 2 nitrogen and oxygen atoms in total. The highest BCUT2D eigenvalue weighted by Gasteiger charge is 2.06. The Morgan fingerprint density at radius 3 is 3.08 bits per heavy atom. The van der Waals surface area contributed by atoms with Gasteiger partial charge in [0.15, 0.2) is 0 Å². The summed E-state index contributed by atoms with van der Waals surface area (Å²) in [4.78, 5) is 4.38. The van der Waals surface area contributed by atoms with Crippen molar-refractivity contribution in [1.82, 2.24) is 9.55 Å². The van der Waals surface area contributed by atoms with Crippen LogP contribution in [0.2, 0.25) is 0 Å². The monoisotopic (exact) mass is 350 g/mol. The van der Waals surface area contributed by atoms with E-state index in [9.17, 15) is 0 Å². The zero-order valence-electron chi connectivity index (χ0n) is 7.09. The van der Waals surface area contributed by atoms with Crippen molar-refractivity contribution in [2.45, 2.75) is 13.5 Å². The Balaban J connectivity index is 2.80. The minimum Gasteiger partial charge on any atom is -0.332 e. The van der Waals surface area contributed by atoms with Gasteiger partial charge in [-0.05, 0) is 51.5 Å². The maximum atomic E-state index is 4.38. The van der Waals surface area contributed by atoms with Gasteiger partial charge in [0.1, 0.15) is 5.65 Å². The van der Waals surface area contributed by atoms with Crippen LogP contribution >= 0.6 is 38.5 Å². The molecule has 0 atom stereocenters. The number of aryl methyl sites for hydroxylation is 1. The van der Waals surface area contributed by atoms with Crippen LogP contribution in [0.1, 0.15) is 6.92 Å². The summed E-state index contributed by atoms with van der Waals surface area (Å²) in [7, 11) is 0. The molecule has 0 aromatic carbocycles. The predicted molar refractivity (Wildman–Crippen MR) is 65.8 cm³/mol. The first kappa shape index (κ1) is 9.45. The normalized spacial score (nSPS) is 11.0. The molecule has 13 heavy (non-hydrogen) atoms. The van der Waals surface area contributed by atoms with E-state index in [0.29, 0.717) is 0 Å². The first-order valence-corrected chi connectivity index (χ1v) is 5.89. The predicted octanol–water partition coefficient (Wildman–Crippen LogP) is 3.42. The second-order valence-corrected chi connectivity index (χ2v) is 4.87. The average molecular weight is 351 g/mol. The van der Waals surface area contributed by atoms with Crippen molar-refractivity contribution in [3.05, 3.63) is 26.5 Å². The fourth-order valence-electron chi connectivity index (χ4n) is 1.35. The molecule has 2 rings (SSSR count). The van der Waals surface area contributed by atoms with Crippen LogP contribution in [0.25, 0.3) is 11.0 Å². The molecule has 0 amide bonds. The minimum atomic E-state index is 0.966. The second kappa shape index (κ2) is 3.57. The number of fused-ring (bicyclic) bond motifs is 1. The Labute approximate surface area is 98.6 Å². The molecule has 0 radical (unpaired) electrons. The average Bonchev–Trinajstić information content (AvgIpc) is 2.43. The van der Waals surface area contributed by atoms with Crippen LogP contribution in [0.15, 0.2) is 22.9 Å². The van der Waals surface area contributed by atoms with Gasteiger partial charge in [-0.2, -0.15) is 0 Å². The molecular formula is C9H8BrIN2. The molecule has 0 N–H and O–H groups in total. The molecule has 4 heteroatoms. The molecule has 0 unspecified atom stereocenters. The van der Waals surface area contributed by atoms with Crippen molar-refractivity contribution >= 4 is 49.6 Å². The summed E-state index contributed by atoms with van der Waals surface area (Å²) in [6, 6.07) is 2.11. The third-order valence-electron chi connectivity index (χ3n) is 1.97. The van der Waals surface area contributed by atoms with E-state index in [-0.39, 0.29) is 0 Å². The topological polar surface area (TPSA) is 17.8 Å². The molecule has 0 fully saturated rings. The van der Waals surface area contributed by atoms with E-state index >= 15 is 0 Å². The molecule has 2 heterocycles. The molecule has 0 aliphatic heterocycles. The third-order valence-corrected chi connectivity index (χ3v) is 3.27. The molecule has 2 aromatic heterocycles. The van der Waals surface area contributed by atoms with E-state index in [1.807, 2.05) is 6.20 Å².